The molecule has 0 unspecified atom stereocenters. The van der Waals surface area contributed by atoms with Crippen LogP contribution in [0.25, 0.3) is 0 Å². The Morgan fingerprint density at radius 2 is 2.06 bits per heavy atom. The molecule has 0 saturated heterocycles. The van der Waals surface area contributed by atoms with Crippen LogP contribution in [0.3, 0.4) is 0 Å². The van der Waals surface area contributed by atoms with Crippen LogP contribution in [0.1, 0.15) is 6.42 Å². The van der Waals surface area contributed by atoms with Gasteiger partial charge in [0, 0.05) is 13.0 Å². The van der Waals surface area contributed by atoms with E-state index in [4.69, 9.17) is 11.6 Å². The fourth-order valence-corrected chi connectivity index (χ4v) is 2.75. The Morgan fingerprint density at radius 3 is 2.67 bits per heavy atom. The molecule has 0 aromatic heterocycles. The van der Waals surface area contributed by atoms with Gasteiger partial charge in [0.1, 0.15) is 4.90 Å². The maximum Gasteiger partial charge on any atom is 0.244 e. The van der Waals surface area contributed by atoms with E-state index in [-0.39, 0.29) is 22.9 Å². The zero-order chi connectivity index (χ0) is 13.6. The highest BCUT2D eigenvalue weighted by molar-refractivity contribution is 7.89. The Balaban J connectivity index is 2.61. The zero-order valence-electron chi connectivity index (χ0n) is 9.64. The quantitative estimate of drug-likeness (QED) is 0.755. The summed E-state index contributed by atoms with van der Waals surface area (Å²) in [6.45, 7) is -0.0389. The Labute approximate surface area is 110 Å². The van der Waals surface area contributed by atoms with Gasteiger partial charge in [-0.2, -0.15) is 0 Å². The first-order valence-electron chi connectivity index (χ1n) is 5.03. The van der Waals surface area contributed by atoms with Gasteiger partial charge in [-0.25, -0.2) is 18.6 Å². The predicted molar refractivity (Wildman–Crippen MR) is 66.4 cm³/mol. The highest BCUT2D eigenvalue weighted by Gasteiger charge is 2.16. The lowest BCUT2D eigenvalue weighted by molar-refractivity contribution is -0.131. The molecule has 8 heteroatoms. The fourth-order valence-electron chi connectivity index (χ4n) is 1.20. The lowest BCUT2D eigenvalue weighted by Gasteiger charge is -2.07. The number of amides is 1. The van der Waals surface area contributed by atoms with Gasteiger partial charge in [-0.1, -0.05) is 23.7 Å². The van der Waals surface area contributed by atoms with E-state index >= 15 is 0 Å². The number of hydroxylamine groups is 1. The molecular weight excluding hydrogens is 280 g/mol. The normalized spacial score (nSPS) is 11.2. The molecule has 0 aliphatic carbocycles. The van der Waals surface area contributed by atoms with E-state index in [1.807, 2.05) is 0 Å². The number of hydrogen-bond donors (Lipinski definition) is 2. The average Bonchev–Trinajstić information content (AvgIpc) is 2.29. The fraction of sp³-hybridized carbons (Fsp3) is 0.300. The van der Waals surface area contributed by atoms with Crippen LogP contribution in [-0.2, 0) is 19.7 Å². The van der Waals surface area contributed by atoms with Gasteiger partial charge in [-0.3, -0.25) is 9.63 Å². The van der Waals surface area contributed by atoms with Crippen LogP contribution in [0.2, 0.25) is 5.02 Å². The van der Waals surface area contributed by atoms with E-state index in [9.17, 15) is 13.2 Å². The number of halogens is 1. The summed E-state index contributed by atoms with van der Waals surface area (Å²) in [6, 6.07) is 6.07. The predicted octanol–water partition coefficient (Wildman–Crippen LogP) is 0.686. The van der Waals surface area contributed by atoms with Crippen molar-refractivity contribution in [3.05, 3.63) is 29.3 Å². The van der Waals surface area contributed by atoms with Gasteiger partial charge >= 0.3 is 0 Å². The second-order valence-electron chi connectivity index (χ2n) is 3.31. The smallest absolute Gasteiger partial charge is 0.244 e. The summed E-state index contributed by atoms with van der Waals surface area (Å²) < 4.78 is 25.9. The van der Waals surface area contributed by atoms with Crippen LogP contribution in [0.15, 0.2) is 29.2 Å². The summed E-state index contributed by atoms with van der Waals surface area (Å²) in [5, 5.41) is 0.131. The molecule has 1 aromatic carbocycles. The minimum absolute atomic E-state index is 0.0150. The summed E-state index contributed by atoms with van der Waals surface area (Å²) in [5.41, 5.74) is 2.08. The summed E-state index contributed by atoms with van der Waals surface area (Å²) in [5.74, 6) is -0.417. The first kappa shape index (κ1) is 14.9. The molecule has 0 atom stereocenters. The molecule has 0 aliphatic rings. The molecule has 0 radical (unpaired) electrons. The Bertz CT molecular complexity index is 518. The van der Waals surface area contributed by atoms with Gasteiger partial charge in [-0.15, -0.1) is 0 Å². The molecule has 0 spiro atoms. The van der Waals surface area contributed by atoms with Crippen LogP contribution < -0.4 is 10.2 Å². The van der Waals surface area contributed by atoms with Crippen molar-refractivity contribution >= 4 is 27.5 Å². The SMILES string of the molecule is CONC(=O)CCNS(=O)(=O)c1ccccc1Cl. The molecule has 18 heavy (non-hydrogen) atoms. The number of rotatable bonds is 6. The number of carbonyl (C=O) groups is 1. The second-order valence-corrected chi connectivity index (χ2v) is 5.45. The minimum Gasteiger partial charge on any atom is -0.277 e. The van der Waals surface area contributed by atoms with Crippen LogP contribution in [0, 0.1) is 0 Å². The summed E-state index contributed by atoms with van der Waals surface area (Å²) in [4.78, 5) is 15.4. The third-order valence-corrected chi connectivity index (χ3v) is 3.95. The number of hydrogen-bond acceptors (Lipinski definition) is 4. The maximum atomic E-state index is 11.8. The number of carbonyl (C=O) groups excluding carboxylic acids is 1. The molecule has 1 aromatic rings. The van der Waals surface area contributed by atoms with Crippen molar-refractivity contribution in [1.29, 1.82) is 0 Å². The highest BCUT2D eigenvalue weighted by Crippen LogP contribution is 2.19. The van der Waals surface area contributed by atoms with Crippen molar-refractivity contribution in [3.63, 3.8) is 0 Å². The molecule has 6 nitrogen and oxygen atoms in total. The second kappa shape index (κ2) is 6.69. The van der Waals surface area contributed by atoms with Gasteiger partial charge in [0.15, 0.2) is 0 Å². The van der Waals surface area contributed by atoms with E-state index in [1.165, 1.54) is 19.2 Å². The molecule has 0 saturated carbocycles. The molecular formula is C10H13ClN2O4S. The maximum absolute atomic E-state index is 11.8. The van der Waals surface area contributed by atoms with Gasteiger partial charge < -0.3 is 0 Å². The van der Waals surface area contributed by atoms with Gasteiger partial charge in [-0.05, 0) is 12.1 Å². The lowest BCUT2D eigenvalue weighted by atomic mass is 10.4. The number of nitrogens with one attached hydrogen (secondary N) is 2. The average molecular weight is 293 g/mol. The lowest BCUT2D eigenvalue weighted by Crippen LogP contribution is -2.30. The molecule has 2 N–H and O–H groups in total. The molecule has 0 aliphatic heterocycles. The minimum atomic E-state index is -3.70. The third-order valence-electron chi connectivity index (χ3n) is 1.99. The summed E-state index contributed by atoms with van der Waals surface area (Å²) >= 11 is 5.78. The highest BCUT2D eigenvalue weighted by atomic mass is 35.5. The Morgan fingerprint density at radius 1 is 1.39 bits per heavy atom. The van der Waals surface area contributed by atoms with E-state index in [2.05, 4.69) is 15.0 Å². The first-order valence-corrected chi connectivity index (χ1v) is 6.89. The van der Waals surface area contributed by atoms with Crippen LogP contribution >= 0.6 is 11.6 Å². The van der Waals surface area contributed by atoms with Crippen LogP contribution in [0.4, 0.5) is 0 Å². The van der Waals surface area contributed by atoms with Crippen LogP contribution in [-0.4, -0.2) is 28.0 Å². The Hall–Kier alpha value is -1.15. The van der Waals surface area contributed by atoms with Crippen molar-refractivity contribution in [1.82, 2.24) is 10.2 Å². The van der Waals surface area contributed by atoms with Gasteiger partial charge in [0.2, 0.25) is 15.9 Å². The standard InChI is InChI=1S/C10H13ClN2O4S/c1-17-13-10(14)6-7-12-18(15,16)9-5-3-2-4-8(9)11/h2-5,12H,6-7H2,1H3,(H,13,14). The molecule has 0 fully saturated rings. The number of benzene rings is 1. The van der Waals surface area contributed by atoms with Gasteiger partial charge in [0.05, 0.1) is 12.1 Å². The largest absolute Gasteiger partial charge is 0.277 e. The first-order chi connectivity index (χ1) is 8.47. The van der Waals surface area contributed by atoms with Gasteiger partial charge in [0.25, 0.3) is 0 Å². The summed E-state index contributed by atoms with van der Waals surface area (Å²) in [6.07, 6.45) is -0.0302. The molecule has 100 valence electrons. The van der Waals surface area contributed by atoms with Crippen molar-refractivity contribution in [3.8, 4) is 0 Å². The van der Waals surface area contributed by atoms with Crippen molar-refractivity contribution < 1.29 is 18.0 Å². The summed E-state index contributed by atoms with van der Waals surface area (Å²) in [7, 11) is -2.41. The van der Waals surface area contributed by atoms with Crippen molar-refractivity contribution in [2.45, 2.75) is 11.3 Å². The van der Waals surface area contributed by atoms with E-state index in [1.54, 1.807) is 12.1 Å². The van der Waals surface area contributed by atoms with Crippen molar-refractivity contribution in [2.75, 3.05) is 13.7 Å². The molecule has 1 amide bonds. The van der Waals surface area contributed by atoms with E-state index in [0.717, 1.165) is 0 Å². The van der Waals surface area contributed by atoms with E-state index < -0.39 is 15.9 Å². The zero-order valence-corrected chi connectivity index (χ0v) is 11.2. The monoisotopic (exact) mass is 292 g/mol. The van der Waals surface area contributed by atoms with E-state index in [0.29, 0.717) is 0 Å². The molecule has 1 rings (SSSR count). The number of sulfonamides is 1. The van der Waals surface area contributed by atoms with Crippen LogP contribution in [0.5, 0.6) is 0 Å². The molecule has 0 heterocycles. The molecule has 0 bridgehead atoms. The third kappa shape index (κ3) is 4.26. The Kier molecular flexibility index (Phi) is 5.54. The van der Waals surface area contributed by atoms with Crippen molar-refractivity contribution in [2.24, 2.45) is 0 Å². The topological polar surface area (TPSA) is 84.5 Å².